The van der Waals surface area contributed by atoms with Crippen molar-refractivity contribution in [2.24, 2.45) is 5.92 Å². The lowest BCUT2D eigenvalue weighted by Gasteiger charge is -2.21. The van der Waals surface area contributed by atoms with Crippen molar-refractivity contribution in [3.05, 3.63) is 0 Å². The van der Waals surface area contributed by atoms with Crippen LogP contribution in [0.1, 0.15) is 362 Å². The van der Waals surface area contributed by atoms with Crippen LogP contribution in [0.4, 0.5) is 0 Å². The zero-order chi connectivity index (χ0) is 65.6. The van der Waals surface area contributed by atoms with E-state index in [4.69, 9.17) is 37.0 Å². The summed E-state index contributed by atoms with van der Waals surface area (Å²) in [6.45, 7) is 7.12. The number of hydrogen-bond donors (Lipinski definition) is 3. The molecule has 528 valence electrons. The summed E-state index contributed by atoms with van der Waals surface area (Å²) in [5, 5.41) is 10.5. The van der Waals surface area contributed by atoms with E-state index in [1.807, 2.05) is 0 Å². The van der Waals surface area contributed by atoms with Gasteiger partial charge in [0.1, 0.15) is 19.3 Å². The van der Waals surface area contributed by atoms with Crippen molar-refractivity contribution < 1.29 is 80.2 Å². The minimum absolute atomic E-state index is 0.105. The molecule has 0 aliphatic heterocycles. The maximum atomic E-state index is 13.0. The van der Waals surface area contributed by atoms with Gasteiger partial charge >= 0.3 is 39.5 Å². The largest absolute Gasteiger partial charge is 0.472 e. The Morgan fingerprint density at radius 1 is 0.303 bits per heavy atom. The molecule has 0 aliphatic carbocycles. The summed E-state index contributed by atoms with van der Waals surface area (Å²) in [5.41, 5.74) is 0. The predicted molar refractivity (Wildman–Crippen MR) is 358 cm³/mol. The van der Waals surface area contributed by atoms with Gasteiger partial charge in [0.15, 0.2) is 12.2 Å². The molecule has 0 fully saturated rings. The van der Waals surface area contributed by atoms with E-state index in [2.05, 4.69) is 34.6 Å². The second-order valence-corrected chi connectivity index (χ2v) is 28.7. The summed E-state index contributed by atoms with van der Waals surface area (Å²) in [6.07, 6.45) is 50.6. The number of aliphatic hydroxyl groups excluding tert-OH is 1. The quantitative estimate of drug-likeness (QED) is 0.0222. The minimum Gasteiger partial charge on any atom is -0.462 e. The van der Waals surface area contributed by atoms with Crippen LogP contribution in [0, 0.1) is 5.92 Å². The SMILES string of the molecule is CCCCCCCCCCCCCCCCCCCCCCCCC(=O)O[C@H](COC(=O)CCCCCCCCCCCCC(C)C)COP(=O)(O)OC[C@@H](O)COP(=O)(O)OC[C@@H](COC(=O)CCCCCCC)OC(=O)CCCCCCCCCCC. The Morgan fingerprint density at radius 2 is 0.517 bits per heavy atom. The zero-order valence-electron chi connectivity index (χ0n) is 57.6. The number of rotatable bonds is 70. The Bertz CT molecular complexity index is 1720. The standard InChI is InChI=1S/C70H136O17P2/c1-6-9-12-15-17-19-20-21-22-23-24-25-26-27-28-29-30-31-37-41-46-51-56-70(75)87-66(60-81-68(73)54-49-44-39-36-33-32-35-38-43-47-52-63(4)5)62-85-89(78,79)83-58-64(71)57-82-88(76,77)84-61-65(59-80-67(72)53-48-42-14-11-8-3)86-69(74)55-50-45-40-34-18-16-13-10-7-2/h63-66,71H,6-62H2,1-5H3,(H,76,77)(H,78,79)/t64-,65+,66+/m0/s1. The van der Waals surface area contributed by atoms with E-state index in [1.165, 1.54) is 180 Å². The monoisotopic (exact) mass is 1310 g/mol. The summed E-state index contributed by atoms with van der Waals surface area (Å²) >= 11 is 0. The first kappa shape index (κ1) is 87.1. The van der Waals surface area contributed by atoms with Crippen molar-refractivity contribution in [3.63, 3.8) is 0 Å². The molecule has 3 N–H and O–H groups in total. The molecule has 0 spiro atoms. The van der Waals surface area contributed by atoms with Gasteiger partial charge in [0.05, 0.1) is 26.4 Å². The van der Waals surface area contributed by atoms with Gasteiger partial charge in [-0.25, -0.2) is 9.13 Å². The number of aliphatic hydroxyl groups is 1. The Kier molecular flexibility index (Phi) is 62.1. The Morgan fingerprint density at radius 3 is 0.764 bits per heavy atom. The van der Waals surface area contributed by atoms with Crippen LogP contribution in [0.2, 0.25) is 0 Å². The van der Waals surface area contributed by atoms with E-state index in [0.717, 1.165) is 102 Å². The molecule has 0 aromatic carbocycles. The van der Waals surface area contributed by atoms with Gasteiger partial charge in [-0.15, -0.1) is 0 Å². The van der Waals surface area contributed by atoms with Gasteiger partial charge < -0.3 is 33.8 Å². The van der Waals surface area contributed by atoms with Crippen LogP contribution >= 0.6 is 15.6 Å². The molecule has 17 nitrogen and oxygen atoms in total. The first-order valence-corrected chi connectivity index (χ1v) is 39.6. The third-order valence-electron chi connectivity index (χ3n) is 16.3. The molecule has 0 rings (SSSR count). The molecule has 0 bridgehead atoms. The van der Waals surface area contributed by atoms with Crippen molar-refractivity contribution in [1.82, 2.24) is 0 Å². The lowest BCUT2D eigenvalue weighted by molar-refractivity contribution is -0.161. The van der Waals surface area contributed by atoms with Gasteiger partial charge in [-0.2, -0.15) is 0 Å². The first-order valence-electron chi connectivity index (χ1n) is 36.6. The van der Waals surface area contributed by atoms with E-state index in [-0.39, 0.29) is 25.7 Å². The summed E-state index contributed by atoms with van der Waals surface area (Å²) in [5.74, 6) is -1.38. The molecule has 0 saturated carbocycles. The molecule has 89 heavy (non-hydrogen) atoms. The summed E-state index contributed by atoms with van der Waals surface area (Å²) in [7, 11) is -9.88. The molecule has 5 atom stereocenters. The Labute approximate surface area is 543 Å². The van der Waals surface area contributed by atoms with E-state index in [0.29, 0.717) is 25.7 Å². The molecule has 19 heteroatoms. The highest BCUT2D eigenvalue weighted by molar-refractivity contribution is 7.47. The van der Waals surface area contributed by atoms with Gasteiger partial charge in [-0.1, -0.05) is 311 Å². The average Bonchev–Trinajstić information content (AvgIpc) is 3.53. The highest BCUT2D eigenvalue weighted by Gasteiger charge is 2.30. The first-order chi connectivity index (χ1) is 43.0. The zero-order valence-corrected chi connectivity index (χ0v) is 59.4. The maximum absolute atomic E-state index is 13.0. The van der Waals surface area contributed by atoms with Gasteiger partial charge in [-0.05, 0) is 31.6 Å². The van der Waals surface area contributed by atoms with Crippen molar-refractivity contribution in [2.75, 3.05) is 39.6 Å². The van der Waals surface area contributed by atoms with E-state index in [1.54, 1.807) is 0 Å². The molecule has 0 amide bonds. The highest BCUT2D eigenvalue weighted by Crippen LogP contribution is 2.45. The van der Waals surface area contributed by atoms with Crippen LogP contribution in [0.3, 0.4) is 0 Å². The van der Waals surface area contributed by atoms with Crippen LogP contribution in [0.5, 0.6) is 0 Å². The fourth-order valence-electron chi connectivity index (χ4n) is 10.6. The molecule has 0 saturated heterocycles. The van der Waals surface area contributed by atoms with E-state index >= 15 is 0 Å². The van der Waals surface area contributed by atoms with Gasteiger partial charge in [0.25, 0.3) is 0 Å². The highest BCUT2D eigenvalue weighted by atomic mass is 31.2. The predicted octanol–water partition coefficient (Wildman–Crippen LogP) is 20.1. The van der Waals surface area contributed by atoms with Gasteiger partial charge in [0, 0.05) is 25.7 Å². The Balaban J connectivity index is 5.08. The molecule has 2 unspecified atom stereocenters. The molecular formula is C70H136O17P2. The minimum atomic E-state index is -4.95. The number of esters is 4. The van der Waals surface area contributed by atoms with Crippen molar-refractivity contribution in [3.8, 4) is 0 Å². The van der Waals surface area contributed by atoms with Crippen molar-refractivity contribution in [2.45, 2.75) is 380 Å². The third-order valence-corrected chi connectivity index (χ3v) is 18.2. The summed E-state index contributed by atoms with van der Waals surface area (Å²) in [4.78, 5) is 72.1. The Hall–Kier alpha value is -1.94. The molecular weight excluding hydrogens is 1170 g/mol. The molecule has 0 heterocycles. The third kappa shape index (κ3) is 64.6. The molecule has 0 aliphatic rings. The summed E-state index contributed by atoms with van der Waals surface area (Å²) in [6, 6.07) is 0. The second-order valence-electron chi connectivity index (χ2n) is 25.7. The normalized spacial score (nSPS) is 14.1. The lowest BCUT2D eigenvalue weighted by Crippen LogP contribution is -2.30. The van der Waals surface area contributed by atoms with Crippen LogP contribution in [0.25, 0.3) is 0 Å². The fourth-order valence-corrected chi connectivity index (χ4v) is 12.2. The number of hydrogen-bond acceptors (Lipinski definition) is 15. The van der Waals surface area contributed by atoms with Gasteiger partial charge in [0.2, 0.25) is 0 Å². The molecule has 0 aromatic heterocycles. The number of carbonyl (C=O) groups is 4. The number of unbranched alkanes of at least 4 members (excludes halogenated alkanes) is 42. The van der Waals surface area contributed by atoms with Crippen LogP contribution < -0.4 is 0 Å². The van der Waals surface area contributed by atoms with Crippen LogP contribution in [-0.4, -0.2) is 96.7 Å². The number of ether oxygens (including phenoxy) is 4. The second kappa shape index (κ2) is 63.5. The maximum Gasteiger partial charge on any atom is 0.472 e. The lowest BCUT2D eigenvalue weighted by atomic mass is 10.0. The van der Waals surface area contributed by atoms with Crippen LogP contribution in [0.15, 0.2) is 0 Å². The van der Waals surface area contributed by atoms with Gasteiger partial charge in [-0.3, -0.25) is 37.3 Å². The van der Waals surface area contributed by atoms with Crippen molar-refractivity contribution >= 4 is 39.5 Å². The summed E-state index contributed by atoms with van der Waals surface area (Å²) < 4.78 is 68.0. The van der Waals surface area contributed by atoms with Crippen LogP contribution in [-0.2, 0) is 65.4 Å². The topological polar surface area (TPSA) is 237 Å². The van der Waals surface area contributed by atoms with Crippen molar-refractivity contribution in [1.29, 1.82) is 0 Å². The number of phosphoric acid groups is 2. The molecule has 0 radical (unpaired) electrons. The van der Waals surface area contributed by atoms with E-state index < -0.39 is 97.5 Å². The fraction of sp³-hybridized carbons (Fsp3) is 0.943. The molecule has 0 aromatic rings. The smallest absolute Gasteiger partial charge is 0.462 e. The van der Waals surface area contributed by atoms with E-state index in [9.17, 15) is 43.2 Å². The average molecular weight is 1310 g/mol. The number of phosphoric ester groups is 2. The number of carbonyl (C=O) groups excluding carboxylic acids is 4.